The van der Waals surface area contributed by atoms with Crippen molar-refractivity contribution < 1.29 is 13.9 Å². The van der Waals surface area contributed by atoms with Gasteiger partial charge in [-0.3, -0.25) is 9.89 Å². The van der Waals surface area contributed by atoms with Crippen LogP contribution in [0.5, 0.6) is 5.88 Å². The zero-order chi connectivity index (χ0) is 22.4. The van der Waals surface area contributed by atoms with Crippen LogP contribution in [0.15, 0.2) is 42.6 Å². The second kappa shape index (κ2) is 7.89. The van der Waals surface area contributed by atoms with E-state index in [-0.39, 0.29) is 23.7 Å². The molecule has 0 saturated carbocycles. The third-order valence-corrected chi connectivity index (χ3v) is 6.10. The average molecular weight is 432 g/mol. The van der Waals surface area contributed by atoms with Gasteiger partial charge in [-0.05, 0) is 41.1 Å². The number of rotatable bonds is 4. The van der Waals surface area contributed by atoms with E-state index in [0.29, 0.717) is 19.0 Å². The van der Waals surface area contributed by atoms with Gasteiger partial charge in [0.1, 0.15) is 11.9 Å². The first-order valence-electron chi connectivity index (χ1n) is 10.9. The van der Waals surface area contributed by atoms with Gasteiger partial charge in [-0.1, -0.05) is 26.0 Å². The molecule has 2 aromatic carbocycles. The fourth-order valence-corrected chi connectivity index (χ4v) is 4.43. The van der Waals surface area contributed by atoms with Crippen LogP contribution in [0.2, 0.25) is 0 Å². The van der Waals surface area contributed by atoms with Crippen molar-refractivity contribution in [1.29, 1.82) is 0 Å². The molecule has 3 heterocycles. The van der Waals surface area contributed by atoms with Gasteiger partial charge in [0.05, 0.1) is 24.0 Å². The zero-order valence-corrected chi connectivity index (χ0v) is 18.4. The quantitative estimate of drug-likeness (QED) is 0.490. The van der Waals surface area contributed by atoms with Crippen molar-refractivity contribution in [1.82, 2.24) is 20.1 Å². The number of fused-ring (bicyclic) bond motifs is 2. The Morgan fingerprint density at radius 3 is 2.69 bits per heavy atom. The number of carbonyl (C=O) groups excluding carboxylic acids is 1. The van der Waals surface area contributed by atoms with Gasteiger partial charge in [0.2, 0.25) is 11.8 Å². The second-order valence-corrected chi connectivity index (χ2v) is 8.69. The predicted octanol–water partition coefficient (Wildman–Crippen LogP) is 5.04. The smallest absolute Gasteiger partial charge is 0.222 e. The molecule has 32 heavy (non-hydrogen) atoms. The highest BCUT2D eigenvalue weighted by atomic mass is 19.1. The molecular formula is C25H25FN4O2. The summed E-state index contributed by atoms with van der Waals surface area (Å²) < 4.78 is 20.0. The number of aromatic amines is 1. The summed E-state index contributed by atoms with van der Waals surface area (Å²) >= 11 is 0. The number of nitrogens with one attached hydrogen (secondary N) is 1. The number of amides is 1. The Kier molecular flexibility index (Phi) is 5.04. The molecule has 164 valence electrons. The lowest BCUT2D eigenvalue weighted by atomic mass is 9.92. The van der Waals surface area contributed by atoms with Gasteiger partial charge < -0.3 is 9.64 Å². The van der Waals surface area contributed by atoms with Gasteiger partial charge in [-0.25, -0.2) is 9.37 Å². The summed E-state index contributed by atoms with van der Waals surface area (Å²) in [6, 6.07) is 10.6. The Morgan fingerprint density at radius 2 is 2.00 bits per heavy atom. The minimum Gasteiger partial charge on any atom is -0.472 e. The maximum Gasteiger partial charge on any atom is 0.222 e. The molecule has 1 N–H and O–H groups in total. The van der Waals surface area contributed by atoms with E-state index in [1.165, 1.54) is 12.1 Å². The van der Waals surface area contributed by atoms with Gasteiger partial charge in [-0.15, -0.1) is 0 Å². The molecule has 1 atom stereocenters. The Balaban J connectivity index is 1.71. The highest BCUT2D eigenvalue weighted by Crippen LogP contribution is 2.40. The van der Waals surface area contributed by atoms with Gasteiger partial charge in [0.15, 0.2) is 0 Å². The number of H-pyrrole nitrogens is 1. The molecule has 1 saturated heterocycles. The Morgan fingerprint density at radius 1 is 1.22 bits per heavy atom. The molecule has 4 aromatic rings. The molecular weight excluding hydrogens is 407 g/mol. The largest absolute Gasteiger partial charge is 0.472 e. The summed E-state index contributed by atoms with van der Waals surface area (Å²) in [6.45, 7) is 7.01. The van der Waals surface area contributed by atoms with Crippen LogP contribution in [0, 0.1) is 5.82 Å². The van der Waals surface area contributed by atoms with Crippen molar-refractivity contribution in [2.75, 3.05) is 13.1 Å². The van der Waals surface area contributed by atoms with Crippen LogP contribution in [0.4, 0.5) is 4.39 Å². The number of aromatic nitrogens is 3. The summed E-state index contributed by atoms with van der Waals surface area (Å²) in [6.07, 6.45) is 2.45. The maximum absolute atomic E-state index is 13.6. The highest BCUT2D eigenvalue weighted by Gasteiger charge is 2.28. The van der Waals surface area contributed by atoms with E-state index in [1.807, 2.05) is 6.07 Å². The first-order chi connectivity index (χ1) is 15.4. The van der Waals surface area contributed by atoms with Gasteiger partial charge in [0.25, 0.3) is 0 Å². The molecule has 0 bridgehead atoms. The van der Waals surface area contributed by atoms with E-state index in [0.717, 1.165) is 44.9 Å². The van der Waals surface area contributed by atoms with Gasteiger partial charge in [0, 0.05) is 36.2 Å². The number of likely N-dealkylation sites (tertiary alicyclic amines) is 1. The lowest BCUT2D eigenvalue weighted by Gasteiger charge is -2.21. The maximum atomic E-state index is 13.6. The fourth-order valence-electron chi connectivity index (χ4n) is 4.43. The lowest BCUT2D eigenvalue weighted by molar-refractivity contribution is -0.128. The summed E-state index contributed by atoms with van der Waals surface area (Å²) in [4.78, 5) is 18.5. The molecule has 0 radical (unpaired) electrons. The average Bonchev–Trinajstić information content (AvgIpc) is 3.42. The van der Waals surface area contributed by atoms with E-state index in [2.05, 4.69) is 30.1 Å². The van der Waals surface area contributed by atoms with E-state index >= 15 is 0 Å². The van der Waals surface area contributed by atoms with Crippen molar-refractivity contribution in [3.63, 3.8) is 0 Å². The third-order valence-electron chi connectivity index (χ3n) is 6.10. The Hall–Kier alpha value is -3.48. The van der Waals surface area contributed by atoms with Crippen LogP contribution in [0.3, 0.4) is 0 Å². The van der Waals surface area contributed by atoms with Gasteiger partial charge in [-0.2, -0.15) is 5.10 Å². The number of hydrogen-bond acceptors (Lipinski definition) is 4. The Labute approximate surface area is 185 Å². The van der Waals surface area contributed by atoms with Crippen molar-refractivity contribution in [3.8, 4) is 17.0 Å². The van der Waals surface area contributed by atoms with Crippen LogP contribution in [-0.4, -0.2) is 45.2 Å². The van der Waals surface area contributed by atoms with Crippen LogP contribution in [-0.2, 0) is 4.79 Å². The number of ether oxygens (including phenoxy) is 1. The SMILES string of the molecule is CC(=O)N1CCC(Oc2nc(C(C)C)c(-c3ccc(F)cc3)c3cc4cn[nH]c4cc23)C1. The molecule has 2 aromatic heterocycles. The van der Waals surface area contributed by atoms with Crippen LogP contribution < -0.4 is 4.74 Å². The minimum atomic E-state index is -0.273. The molecule has 0 aliphatic carbocycles. The summed E-state index contributed by atoms with van der Waals surface area (Å²) in [5, 5.41) is 10.0. The van der Waals surface area contributed by atoms with Crippen LogP contribution in [0.1, 0.15) is 38.8 Å². The summed E-state index contributed by atoms with van der Waals surface area (Å²) in [5.74, 6) is 0.466. The van der Waals surface area contributed by atoms with Crippen molar-refractivity contribution in [2.45, 2.75) is 39.2 Å². The Bertz CT molecular complexity index is 1310. The molecule has 7 heteroatoms. The second-order valence-electron chi connectivity index (χ2n) is 8.69. The molecule has 5 rings (SSSR count). The molecule has 6 nitrogen and oxygen atoms in total. The zero-order valence-electron chi connectivity index (χ0n) is 18.4. The van der Waals surface area contributed by atoms with E-state index in [1.54, 1.807) is 30.2 Å². The highest BCUT2D eigenvalue weighted by molar-refractivity contribution is 6.06. The van der Waals surface area contributed by atoms with E-state index in [4.69, 9.17) is 9.72 Å². The molecule has 1 unspecified atom stereocenters. The van der Waals surface area contributed by atoms with Crippen LogP contribution in [0.25, 0.3) is 32.8 Å². The van der Waals surface area contributed by atoms with Crippen molar-refractivity contribution in [3.05, 3.63) is 54.1 Å². The van der Waals surface area contributed by atoms with Crippen molar-refractivity contribution >= 4 is 27.6 Å². The number of halogens is 1. The summed E-state index contributed by atoms with van der Waals surface area (Å²) in [5.41, 5.74) is 3.67. The first-order valence-corrected chi connectivity index (χ1v) is 10.9. The fraction of sp³-hybridized carbons (Fsp3) is 0.320. The molecule has 0 spiro atoms. The van der Waals surface area contributed by atoms with E-state index < -0.39 is 0 Å². The van der Waals surface area contributed by atoms with E-state index in [9.17, 15) is 9.18 Å². The topological polar surface area (TPSA) is 71.1 Å². The number of hydrogen-bond donors (Lipinski definition) is 1. The number of carbonyl (C=O) groups is 1. The lowest BCUT2D eigenvalue weighted by Crippen LogP contribution is -2.28. The molecule has 1 aliphatic heterocycles. The predicted molar refractivity (Wildman–Crippen MR) is 122 cm³/mol. The molecule has 1 amide bonds. The molecule has 1 fully saturated rings. The summed E-state index contributed by atoms with van der Waals surface area (Å²) in [7, 11) is 0. The number of pyridine rings is 1. The minimum absolute atomic E-state index is 0.0580. The first kappa shape index (κ1) is 20.4. The third kappa shape index (κ3) is 3.57. The monoisotopic (exact) mass is 432 g/mol. The normalized spacial score (nSPS) is 16.4. The molecule has 1 aliphatic rings. The number of nitrogens with zero attached hydrogens (tertiary/aromatic N) is 3. The standard InChI is InChI=1S/C25H25FN4O2/c1-14(2)24-23(16-4-6-18(26)7-5-16)20-10-17-12-27-29-22(17)11-21(20)25(28-24)32-19-8-9-30(13-19)15(3)31/h4-7,10-12,14,19H,8-9,13H2,1-3H3,(H,27,29). The number of benzene rings is 2. The van der Waals surface area contributed by atoms with Gasteiger partial charge >= 0.3 is 0 Å². The van der Waals surface area contributed by atoms with Crippen LogP contribution >= 0.6 is 0 Å². The van der Waals surface area contributed by atoms with Crippen molar-refractivity contribution in [2.24, 2.45) is 0 Å².